The lowest BCUT2D eigenvalue weighted by Crippen LogP contribution is -2.28. The first-order valence-corrected chi connectivity index (χ1v) is 9.90. The zero-order valence-corrected chi connectivity index (χ0v) is 18.1. The molecule has 1 atom stereocenters. The summed E-state index contributed by atoms with van der Waals surface area (Å²) in [4.78, 5) is 24.6. The average molecular weight is 443 g/mol. The molecule has 0 bridgehead atoms. The first kappa shape index (κ1) is 22.2. The number of ether oxygens (including phenoxy) is 2. The summed E-state index contributed by atoms with van der Waals surface area (Å²) in [7, 11) is 3.16. The number of nitrogens with one attached hydrogen (secondary N) is 2. The first-order valence-electron chi connectivity index (χ1n) is 9.52. The Morgan fingerprint density at radius 2 is 1.81 bits per heavy atom. The Labute approximate surface area is 185 Å². The normalized spacial score (nSPS) is 11.5. The Hall–Kier alpha value is -3.52. The maximum Gasteiger partial charge on any atom is 0.411 e. The van der Waals surface area contributed by atoms with Crippen molar-refractivity contribution in [3.05, 3.63) is 76.6 Å². The highest BCUT2D eigenvalue weighted by molar-refractivity contribution is 6.30. The number of carbonyl (C=O) groups is 2. The van der Waals surface area contributed by atoms with E-state index in [1.807, 2.05) is 19.1 Å². The van der Waals surface area contributed by atoms with Gasteiger partial charge in [-0.15, -0.1) is 0 Å². The van der Waals surface area contributed by atoms with E-state index in [0.717, 1.165) is 11.1 Å². The molecule has 0 saturated heterocycles. The van der Waals surface area contributed by atoms with Crippen LogP contribution >= 0.6 is 11.6 Å². The SMILES string of the molecule is COc1cnn(C)c1C(=O)N[C@@H](C)c1ccc(NC(=O)OCc2ccc(Cl)cc2)cc1. The van der Waals surface area contributed by atoms with Crippen LogP contribution in [0.15, 0.2) is 54.7 Å². The van der Waals surface area contributed by atoms with Crippen molar-refractivity contribution < 1.29 is 19.1 Å². The van der Waals surface area contributed by atoms with Crippen molar-refractivity contribution >= 4 is 29.3 Å². The van der Waals surface area contributed by atoms with Gasteiger partial charge in [0.1, 0.15) is 6.61 Å². The zero-order chi connectivity index (χ0) is 22.4. The fraction of sp³-hybridized carbons (Fsp3) is 0.227. The lowest BCUT2D eigenvalue weighted by molar-refractivity contribution is 0.0927. The second-order valence-electron chi connectivity index (χ2n) is 6.83. The molecule has 31 heavy (non-hydrogen) atoms. The van der Waals surface area contributed by atoms with Crippen LogP contribution in [0.4, 0.5) is 10.5 Å². The third-order valence-electron chi connectivity index (χ3n) is 4.63. The van der Waals surface area contributed by atoms with Gasteiger partial charge in [-0.2, -0.15) is 5.10 Å². The van der Waals surface area contributed by atoms with E-state index in [-0.39, 0.29) is 18.6 Å². The highest BCUT2D eigenvalue weighted by Crippen LogP contribution is 2.20. The molecular weight excluding hydrogens is 420 g/mol. The fourth-order valence-corrected chi connectivity index (χ4v) is 3.04. The van der Waals surface area contributed by atoms with Crippen LogP contribution in [-0.4, -0.2) is 28.9 Å². The van der Waals surface area contributed by atoms with Crippen molar-refractivity contribution in [2.75, 3.05) is 12.4 Å². The van der Waals surface area contributed by atoms with Crippen LogP contribution in [-0.2, 0) is 18.4 Å². The molecule has 0 aliphatic rings. The van der Waals surface area contributed by atoms with Gasteiger partial charge in [-0.1, -0.05) is 35.9 Å². The monoisotopic (exact) mass is 442 g/mol. The van der Waals surface area contributed by atoms with Crippen molar-refractivity contribution in [1.29, 1.82) is 0 Å². The summed E-state index contributed by atoms with van der Waals surface area (Å²) in [5.41, 5.74) is 2.63. The predicted molar refractivity (Wildman–Crippen MR) is 117 cm³/mol. The van der Waals surface area contributed by atoms with Crippen molar-refractivity contribution in [2.45, 2.75) is 19.6 Å². The number of aryl methyl sites for hydroxylation is 1. The first-order chi connectivity index (χ1) is 14.9. The van der Waals surface area contributed by atoms with E-state index in [9.17, 15) is 9.59 Å². The fourth-order valence-electron chi connectivity index (χ4n) is 2.91. The molecule has 3 rings (SSSR count). The third-order valence-corrected chi connectivity index (χ3v) is 4.88. The molecule has 0 spiro atoms. The number of benzene rings is 2. The molecule has 0 aliphatic heterocycles. The van der Waals surface area contributed by atoms with Crippen LogP contribution in [0.2, 0.25) is 5.02 Å². The summed E-state index contributed by atoms with van der Waals surface area (Å²) in [5, 5.41) is 10.3. The topological polar surface area (TPSA) is 94.5 Å². The molecule has 2 amide bonds. The molecule has 2 N–H and O–H groups in total. The molecule has 0 fully saturated rings. The molecule has 162 valence electrons. The minimum absolute atomic E-state index is 0.141. The predicted octanol–water partition coefficient (Wildman–Crippen LogP) is 4.32. The van der Waals surface area contributed by atoms with Crippen LogP contribution in [0.3, 0.4) is 0 Å². The minimum atomic E-state index is -0.563. The van der Waals surface area contributed by atoms with Crippen LogP contribution < -0.4 is 15.4 Å². The Morgan fingerprint density at radius 3 is 2.45 bits per heavy atom. The smallest absolute Gasteiger partial charge is 0.411 e. The minimum Gasteiger partial charge on any atom is -0.493 e. The van der Waals surface area contributed by atoms with Gasteiger partial charge in [0.25, 0.3) is 5.91 Å². The number of hydrogen-bond donors (Lipinski definition) is 2. The molecular formula is C22H23ClN4O4. The van der Waals surface area contributed by atoms with Gasteiger partial charge >= 0.3 is 6.09 Å². The molecule has 0 unspecified atom stereocenters. The number of methoxy groups -OCH3 is 1. The van der Waals surface area contributed by atoms with E-state index >= 15 is 0 Å². The van der Waals surface area contributed by atoms with Gasteiger partial charge < -0.3 is 14.8 Å². The van der Waals surface area contributed by atoms with E-state index < -0.39 is 6.09 Å². The van der Waals surface area contributed by atoms with E-state index in [1.54, 1.807) is 43.4 Å². The van der Waals surface area contributed by atoms with Crippen LogP contribution in [0.5, 0.6) is 5.75 Å². The van der Waals surface area contributed by atoms with Gasteiger partial charge in [0.05, 0.1) is 19.3 Å². The number of rotatable bonds is 7. The molecule has 0 saturated carbocycles. The molecule has 3 aromatic rings. The maximum absolute atomic E-state index is 12.6. The second-order valence-corrected chi connectivity index (χ2v) is 7.27. The van der Waals surface area contributed by atoms with Gasteiger partial charge in [0.15, 0.2) is 11.4 Å². The summed E-state index contributed by atoms with van der Waals surface area (Å²) in [6.07, 6.45) is 0.929. The second kappa shape index (κ2) is 9.99. The average Bonchev–Trinajstić information content (AvgIpc) is 3.14. The van der Waals surface area contributed by atoms with E-state index in [0.29, 0.717) is 22.2 Å². The van der Waals surface area contributed by atoms with Crippen molar-refractivity contribution in [2.24, 2.45) is 7.05 Å². The number of carbonyl (C=O) groups excluding carboxylic acids is 2. The highest BCUT2D eigenvalue weighted by atomic mass is 35.5. The van der Waals surface area contributed by atoms with Gasteiger partial charge in [0, 0.05) is 17.8 Å². The molecule has 9 heteroatoms. The number of aromatic nitrogens is 2. The molecule has 0 aliphatic carbocycles. The number of anilines is 1. The summed E-state index contributed by atoms with van der Waals surface area (Å²) in [6, 6.07) is 13.9. The number of amides is 2. The van der Waals surface area contributed by atoms with Gasteiger partial charge in [-0.05, 0) is 42.3 Å². The molecule has 1 heterocycles. The summed E-state index contributed by atoms with van der Waals surface area (Å²) in [6.45, 7) is 2.01. The van der Waals surface area contributed by atoms with Crippen molar-refractivity contribution in [3.8, 4) is 5.75 Å². The van der Waals surface area contributed by atoms with E-state index in [1.165, 1.54) is 18.0 Å². The largest absolute Gasteiger partial charge is 0.493 e. The number of hydrogen-bond acceptors (Lipinski definition) is 5. The summed E-state index contributed by atoms with van der Waals surface area (Å²) in [5.74, 6) is 0.112. The number of halogens is 1. The quantitative estimate of drug-likeness (QED) is 0.568. The molecule has 1 aromatic heterocycles. The van der Waals surface area contributed by atoms with Gasteiger partial charge in [-0.25, -0.2) is 4.79 Å². The Morgan fingerprint density at radius 1 is 1.13 bits per heavy atom. The van der Waals surface area contributed by atoms with Gasteiger partial charge in [-0.3, -0.25) is 14.8 Å². The van der Waals surface area contributed by atoms with E-state index in [2.05, 4.69) is 15.7 Å². The van der Waals surface area contributed by atoms with Crippen LogP contribution in [0.25, 0.3) is 0 Å². The standard InChI is InChI=1S/C22H23ClN4O4/c1-14(25-21(28)20-19(30-3)12-24-27(20)2)16-6-10-18(11-7-16)26-22(29)31-13-15-4-8-17(23)9-5-15/h4-12,14H,13H2,1-3H3,(H,25,28)(H,26,29)/t14-/m0/s1. The molecule has 0 radical (unpaired) electrons. The van der Waals surface area contributed by atoms with Crippen LogP contribution in [0, 0.1) is 0 Å². The zero-order valence-electron chi connectivity index (χ0n) is 17.4. The van der Waals surface area contributed by atoms with Gasteiger partial charge in [0.2, 0.25) is 0 Å². The lowest BCUT2D eigenvalue weighted by Gasteiger charge is -2.15. The summed E-state index contributed by atoms with van der Waals surface area (Å²) < 4.78 is 11.8. The van der Waals surface area contributed by atoms with Crippen molar-refractivity contribution in [1.82, 2.24) is 15.1 Å². The Bertz CT molecular complexity index is 1050. The maximum atomic E-state index is 12.6. The molecule has 8 nitrogen and oxygen atoms in total. The third kappa shape index (κ3) is 5.76. The van der Waals surface area contributed by atoms with Crippen LogP contribution in [0.1, 0.15) is 34.6 Å². The summed E-state index contributed by atoms with van der Waals surface area (Å²) >= 11 is 5.84. The Kier molecular flexibility index (Phi) is 7.15. The highest BCUT2D eigenvalue weighted by Gasteiger charge is 2.20. The lowest BCUT2D eigenvalue weighted by atomic mass is 10.1. The molecule has 2 aromatic carbocycles. The van der Waals surface area contributed by atoms with Crippen molar-refractivity contribution in [3.63, 3.8) is 0 Å². The Balaban J connectivity index is 1.54. The number of nitrogens with zero attached hydrogens (tertiary/aromatic N) is 2. The van der Waals surface area contributed by atoms with E-state index in [4.69, 9.17) is 21.1 Å².